The minimum atomic E-state index is -3.82. The molecule has 4 rings (SSSR count). The van der Waals surface area contributed by atoms with Gasteiger partial charge < -0.3 is 15.1 Å². The molecule has 0 radical (unpaired) electrons. The van der Waals surface area contributed by atoms with Crippen LogP contribution in [0.2, 0.25) is 0 Å². The molecule has 3 aromatic carbocycles. The van der Waals surface area contributed by atoms with E-state index in [1.807, 2.05) is 30.3 Å². The van der Waals surface area contributed by atoms with Crippen molar-refractivity contribution in [2.24, 2.45) is 0 Å². The number of urea groups is 1. The van der Waals surface area contributed by atoms with E-state index in [0.29, 0.717) is 22.7 Å². The Morgan fingerprint density at radius 2 is 1.47 bits per heavy atom. The van der Waals surface area contributed by atoms with Crippen molar-refractivity contribution < 1.29 is 17.6 Å². The predicted octanol–water partition coefficient (Wildman–Crippen LogP) is 5.07. The van der Waals surface area contributed by atoms with Gasteiger partial charge in [0.15, 0.2) is 0 Å². The third kappa shape index (κ3) is 5.16. The number of carbonyl (C=O) groups is 1. The molecule has 0 atom stereocenters. The van der Waals surface area contributed by atoms with Crippen molar-refractivity contribution in [3.63, 3.8) is 0 Å². The summed E-state index contributed by atoms with van der Waals surface area (Å²) in [4.78, 5) is 12.2. The SMILES string of the molecule is O=C(NCc1ccco1)Nc1ccc(NS(=O)(=O)c2ccccc2-c2ccccc2)cc1. The molecule has 1 heterocycles. The van der Waals surface area contributed by atoms with Crippen LogP contribution in [0, 0.1) is 0 Å². The number of anilines is 2. The number of furan rings is 1. The molecule has 162 valence electrons. The molecule has 4 aromatic rings. The van der Waals surface area contributed by atoms with E-state index in [0.717, 1.165) is 5.56 Å². The highest BCUT2D eigenvalue weighted by molar-refractivity contribution is 7.92. The van der Waals surface area contributed by atoms with E-state index >= 15 is 0 Å². The fraction of sp³-hybridized carbons (Fsp3) is 0.0417. The highest BCUT2D eigenvalue weighted by Gasteiger charge is 2.19. The van der Waals surface area contributed by atoms with Crippen LogP contribution in [-0.2, 0) is 16.6 Å². The van der Waals surface area contributed by atoms with Gasteiger partial charge in [-0.2, -0.15) is 0 Å². The Balaban J connectivity index is 1.44. The van der Waals surface area contributed by atoms with Crippen molar-refractivity contribution >= 4 is 27.4 Å². The van der Waals surface area contributed by atoms with E-state index in [1.54, 1.807) is 60.7 Å². The van der Waals surface area contributed by atoms with E-state index in [1.165, 1.54) is 6.26 Å². The average Bonchev–Trinajstić information content (AvgIpc) is 3.33. The molecule has 0 spiro atoms. The molecule has 7 nitrogen and oxygen atoms in total. The molecule has 0 saturated heterocycles. The zero-order chi connectivity index (χ0) is 22.4. The Kier molecular flexibility index (Phi) is 6.23. The topological polar surface area (TPSA) is 100 Å². The van der Waals surface area contributed by atoms with Gasteiger partial charge in [-0.3, -0.25) is 4.72 Å². The molecule has 0 bridgehead atoms. The Morgan fingerprint density at radius 3 is 2.19 bits per heavy atom. The van der Waals surface area contributed by atoms with Crippen molar-refractivity contribution in [1.29, 1.82) is 0 Å². The maximum absolute atomic E-state index is 13.1. The van der Waals surface area contributed by atoms with Crippen LogP contribution in [0.4, 0.5) is 16.2 Å². The highest BCUT2D eigenvalue weighted by atomic mass is 32.2. The Labute approximate surface area is 186 Å². The van der Waals surface area contributed by atoms with Crippen molar-refractivity contribution in [2.45, 2.75) is 11.4 Å². The van der Waals surface area contributed by atoms with E-state index in [2.05, 4.69) is 15.4 Å². The second-order valence-electron chi connectivity index (χ2n) is 6.93. The van der Waals surface area contributed by atoms with E-state index in [4.69, 9.17) is 4.42 Å². The number of hydrogen-bond donors (Lipinski definition) is 3. The van der Waals surface area contributed by atoms with Gasteiger partial charge in [-0.25, -0.2) is 13.2 Å². The van der Waals surface area contributed by atoms with Crippen molar-refractivity contribution in [3.8, 4) is 11.1 Å². The second kappa shape index (κ2) is 9.40. The number of carbonyl (C=O) groups excluding carboxylic acids is 1. The summed E-state index contributed by atoms with van der Waals surface area (Å²) in [7, 11) is -3.82. The lowest BCUT2D eigenvalue weighted by Gasteiger charge is -2.13. The lowest BCUT2D eigenvalue weighted by Crippen LogP contribution is -2.27. The average molecular weight is 448 g/mol. The van der Waals surface area contributed by atoms with Crippen LogP contribution in [-0.4, -0.2) is 14.4 Å². The molecule has 0 unspecified atom stereocenters. The van der Waals surface area contributed by atoms with Crippen LogP contribution < -0.4 is 15.4 Å². The summed E-state index contributed by atoms with van der Waals surface area (Å²) in [5.41, 5.74) is 2.34. The largest absolute Gasteiger partial charge is 0.467 e. The van der Waals surface area contributed by atoms with Gasteiger partial charge >= 0.3 is 6.03 Å². The van der Waals surface area contributed by atoms with Gasteiger partial charge in [0.2, 0.25) is 0 Å². The Bertz CT molecular complexity index is 1290. The van der Waals surface area contributed by atoms with E-state index in [9.17, 15) is 13.2 Å². The van der Waals surface area contributed by atoms with Gasteiger partial charge in [0.1, 0.15) is 5.76 Å². The number of sulfonamides is 1. The maximum atomic E-state index is 13.1. The monoisotopic (exact) mass is 447 g/mol. The molecule has 2 amide bonds. The molecule has 3 N–H and O–H groups in total. The zero-order valence-electron chi connectivity index (χ0n) is 17.0. The predicted molar refractivity (Wildman–Crippen MR) is 124 cm³/mol. The number of hydrogen-bond acceptors (Lipinski definition) is 4. The summed E-state index contributed by atoms with van der Waals surface area (Å²) in [5.74, 6) is 0.640. The molecule has 0 aliphatic rings. The first kappa shape index (κ1) is 21.2. The summed E-state index contributed by atoms with van der Waals surface area (Å²) in [6.07, 6.45) is 1.53. The minimum Gasteiger partial charge on any atom is -0.467 e. The van der Waals surface area contributed by atoms with Crippen LogP contribution in [0.1, 0.15) is 5.76 Å². The smallest absolute Gasteiger partial charge is 0.319 e. The Morgan fingerprint density at radius 1 is 0.781 bits per heavy atom. The molecule has 0 aliphatic carbocycles. The standard InChI is InChI=1S/C24H21N3O4S/c28-24(25-17-21-9-6-16-31-21)26-19-12-14-20(15-13-19)27-32(29,30)23-11-5-4-10-22(23)18-7-2-1-3-8-18/h1-16,27H,17H2,(H2,25,26,28). The molecule has 0 fully saturated rings. The third-order valence-electron chi connectivity index (χ3n) is 4.66. The van der Waals surface area contributed by atoms with E-state index in [-0.39, 0.29) is 11.4 Å². The summed E-state index contributed by atoms with van der Waals surface area (Å²) in [6.45, 7) is 0.261. The lowest BCUT2D eigenvalue weighted by molar-refractivity contribution is 0.251. The van der Waals surface area contributed by atoms with Crippen molar-refractivity contribution in [2.75, 3.05) is 10.0 Å². The van der Waals surface area contributed by atoms with Gasteiger partial charge in [0.05, 0.1) is 17.7 Å². The van der Waals surface area contributed by atoms with Crippen LogP contribution in [0.3, 0.4) is 0 Å². The molecule has 0 aliphatic heterocycles. The van der Waals surface area contributed by atoms with Crippen LogP contribution in [0.5, 0.6) is 0 Å². The van der Waals surface area contributed by atoms with Gasteiger partial charge in [-0.1, -0.05) is 48.5 Å². The van der Waals surface area contributed by atoms with E-state index < -0.39 is 16.1 Å². The number of amides is 2. The van der Waals surface area contributed by atoms with Gasteiger partial charge in [0.25, 0.3) is 10.0 Å². The van der Waals surface area contributed by atoms with Crippen LogP contribution >= 0.6 is 0 Å². The highest BCUT2D eigenvalue weighted by Crippen LogP contribution is 2.28. The molecular formula is C24H21N3O4S. The van der Waals surface area contributed by atoms with Crippen molar-refractivity contribution in [3.05, 3.63) is 103 Å². The van der Waals surface area contributed by atoms with Gasteiger partial charge in [-0.15, -0.1) is 0 Å². The first-order chi connectivity index (χ1) is 15.5. The quantitative estimate of drug-likeness (QED) is 0.368. The molecule has 32 heavy (non-hydrogen) atoms. The first-order valence-corrected chi connectivity index (χ1v) is 11.3. The summed E-state index contributed by atoms with van der Waals surface area (Å²) in [5, 5.41) is 5.36. The maximum Gasteiger partial charge on any atom is 0.319 e. The molecule has 8 heteroatoms. The van der Waals surface area contributed by atoms with Crippen molar-refractivity contribution in [1.82, 2.24) is 5.32 Å². The number of benzene rings is 3. The van der Waals surface area contributed by atoms with Gasteiger partial charge in [-0.05, 0) is 48.0 Å². The van der Waals surface area contributed by atoms with Gasteiger partial charge in [0, 0.05) is 16.9 Å². The number of rotatable bonds is 7. The van der Waals surface area contributed by atoms with Crippen LogP contribution in [0.25, 0.3) is 11.1 Å². The number of nitrogens with one attached hydrogen (secondary N) is 3. The lowest BCUT2D eigenvalue weighted by atomic mass is 10.1. The zero-order valence-corrected chi connectivity index (χ0v) is 17.8. The minimum absolute atomic E-state index is 0.186. The second-order valence-corrected chi connectivity index (χ2v) is 8.58. The fourth-order valence-electron chi connectivity index (χ4n) is 3.14. The summed E-state index contributed by atoms with van der Waals surface area (Å²) >= 11 is 0. The third-order valence-corrected chi connectivity index (χ3v) is 6.10. The molecule has 0 saturated carbocycles. The fourth-order valence-corrected chi connectivity index (χ4v) is 4.43. The first-order valence-electron chi connectivity index (χ1n) is 9.86. The summed E-state index contributed by atoms with van der Waals surface area (Å²) < 4.78 is 33.9. The Hall–Kier alpha value is -4.04. The molecule has 1 aromatic heterocycles. The summed E-state index contributed by atoms with van der Waals surface area (Å²) in [6, 6.07) is 25.7. The normalized spacial score (nSPS) is 11.0. The molecular weight excluding hydrogens is 426 g/mol. The van der Waals surface area contributed by atoms with Crippen LogP contribution in [0.15, 0.2) is 107 Å².